The molecule has 6 heteroatoms. The van der Waals surface area contributed by atoms with Crippen molar-refractivity contribution in [3.05, 3.63) is 35.3 Å². The molecule has 0 spiro atoms. The van der Waals surface area contributed by atoms with Crippen LogP contribution in [0.25, 0.3) is 0 Å². The molecule has 0 aliphatic heterocycles. The number of nitrogens with zero attached hydrogens (tertiary/aromatic N) is 2. The summed E-state index contributed by atoms with van der Waals surface area (Å²) in [5, 5.41) is 6.34. The Kier molecular flexibility index (Phi) is 3.85. The molecule has 2 aromatic heterocycles. The van der Waals surface area contributed by atoms with Gasteiger partial charge in [0.2, 0.25) is 0 Å². The highest BCUT2D eigenvalue weighted by Gasteiger charge is 2.16. The van der Waals surface area contributed by atoms with Crippen molar-refractivity contribution in [2.75, 3.05) is 11.9 Å². The minimum atomic E-state index is -0.260. The van der Waals surface area contributed by atoms with Gasteiger partial charge in [-0.25, -0.2) is 0 Å². The van der Waals surface area contributed by atoms with Crippen molar-refractivity contribution in [3.63, 3.8) is 0 Å². The number of ether oxygens (including phenoxy) is 1. The quantitative estimate of drug-likeness (QED) is 0.933. The highest BCUT2D eigenvalue weighted by Crippen LogP contribution is 2.27. The SMILES string of the molecule is Cc1cc(NC(=O)COc2ccnc3c2CCCC3)no1. The summed E-state index contributed by atoms with van der Waals surface area (Å²) in [6, 6.07) is 3.48. The maximum atomic E-state index is 11.8. The van der Waals surface area contributed by atoms with E-state index in [0.29, 0.717) is 11.6 Å². The molecule has 0 bridgehead atoms. The fraction of sp³-hybridized carbons (Fsp3) is 0.400. The van der Waals surface area contributed by atoms with Crippen LogP contribution in [0.4, 0.5) is 5.82 Å². The van der Waals surface area contributed by atoms with E-state index in [9.17, 15) is 4.79 Å². The minimum absolute atomic E-state index is 0.0532. The van der Waals surface area contributed by atoms with Gasteiger partial charge < -0.3 is 14.6 Å². The molecule has 0 saturated carbocycles. The Morgan fingerprint density at radius 3 is 3.10 bits per heavy atom. The number of hydrogen-bond acceptors (Lipinski definition) is 5. The van der Waals surface area contributed by atoms with Crippen LogP contribution in [0.15, 0.2) is 22.9 Å². The predicted octanol–water partition coefficient (Wildman–Crippen LogP) is 2.27. The second kappa shape index (κ2) is 5.95. The lowest BCUT2D eigenvalue weighted by Crippen LogP contribution is -2.21. The number of rotatable bonds is 4. The van der Waals surface area contributed by atoms with Gasteiger partial charge in [-0.05, 0) is 38.7 Å². The van der Waals surface area contributed by atoms with E-state index in [1.54, 1.807) is 19.2 Å². The first kappa shape index (κ1) is 13.6. The summed E-state index contributed by atoms with van der Waals surface area (Å²) in [6.07, 6.45) is 5.98. The van der Waals surface area contributed by atoms with Crippen LogP contribution in [-0.2, 0) is 17.6 Å². The molecule has 21 heavy (non-hydrogen) atoms. The molecule has 1 aliphatic rings. The topological polar surface area (TPSA) is 77.2 Å². The molecule has 2 heterocycles. The van der Waals surface area contributed by atoms with Crippen molar-refractivity contribution in [2.24, 2.45) is 0 Å². The Bertz CT molecular complexity index is 651. The van der Waals surface area contributed by atoms with Crippen molar-refractivity contribution >= 4 is 11.7 Å². The van der Waals surface area contributed by atoms with Crippen molar-refractivity contribution in [1.29, 1.82) is 0 Å². The lowest BCUT2D eigenvalue weighted by Gasteiger charge is -2.18. The number of pyridine rings is 1. The van der Waals surface area contributed by atoms with Crippen LogP contribution in [0.3, 0.4) is 0 Å². The summed E-state index contributed by atoms with van der Waals surface area (Å²) in [6.45, 7) is 1.71. The number of amides is 1. The number of carbonyl (C=O) groups excluding carboxylic acids is 1. The number of anilines is 1. The fourth-order valence-electron chi connectivity index (χ4n) is 2.48. The first-order valence-electron chi connectivity index (χ1n) is 7.05. The van der Waals surface area contributed by atoms with Crippen LogP contribution in [0.2, 0.25) is 0 Å². The monoisotopic (exact) mass is 287 g/mol. The Morgan fingerprint density at radius 1 is 1.43 bits per heavy atom. The normalized spacial score (nSPS) is 13.6. The minimum Gasteiger partial charge on any atom is -0.483 e. The zero-order valence-electron chi connectivity index (χ0n) is 11.9. The Balaban J connectivity index is 1.61. The zero-order valence-corrected chi connectivity index (χ0v) is 11.9. The van der Waals surface area contributed by atoms with Crippen LogP contribution < -0.4 is 10.1 Å². The van der Waals surface area contributed by atoms with E-state index in [-0.39, 0.29) is 12.5 Å². The number of hydrogen-bond donors (Lipinski definition) is 1. The van der Waals surface area contributed by atoms with Crippen LogP contribution in [0.5, 0.6) is 5.75 Å². The van der Waals surface area contributed by atoms with Crippen LogP contribution >= 0.6 is 0 Å². The third kappa shape index (κ3) is 3.21. The third-order valence-electron chi connectivity index (χ3n) is 3.45. The molecule has 3 rings (SSSR count). The summed E-state index contributed by atoms with van der Waals surface area (Å²) < 4.78 is 10.5. The predicted molar refractivity (Wildman–Crippen MR) is 76.2 cm³/mol. The highest BCUT2D eigenvalue weighted by molar-refractivity contribution is 5.90. The summed E-state index contributed by atoms with van der Waals surface area (Å²) in [7, 11) is 0. The number of fused-ring (bicyclic) bond motifs is 1. The Morgan fingerprint density at radius 2 is 2.29 bits per heavy atom. The average molecular weight is 287 g/mol. The molecule has 0 atom stereocenters. The van der Waals surface area contributed by atoms with E-state index in [2.05, 4.69) is 15.5 Å². The van der Waals surface area contributed by atoms with Gasteiger partial charge in [0.1, 0.15) is 11.5 Å². The van der Waals surface area contributed by atoms with Gasteiger partial charge in [0.15, 0.2) is 12.4 Å². The maximum Gasteiger partial charge on any atom is 0.263 e. The average Bonchev–Trinajstić information content (AvgIpc) is 2.90. The van der Waals surface area contributed by atoms with Crippen LogP contribution in [-0.4, -0.2) is 22.7 Å². The molecule has 110 valence electrons. The summed E-state index contributed by atoms with van der Waals surface area (Å²) in [4.78, 5) is 16.2. The first-order valence-corrected chi connectivity index (χ1v) is 7.05. The maximum absolute atomic E-state index is 11.8. The molecule has 1 N–H and O–H groups in total. The van der Waals surface area contributed by atoms with Gasteiger partial charge in [-0.3, -0.25) is 9.78 Å². The summed E-state index contributed by atoms with van der Waals surface area (Å²) >= 11 is 0. The second-order valence-electron chi connectivity index (χ2n) is 5.10. The zero-order chi connectivity index (χ0) is 14.7. The Hall–Kier alpha value is -2.37. The molecule has 1 aliphatic carbocycles. The first-order chi connectivity index (χ1) is 10.2. The fourth-order valence-corrected chi connectivity index (χ4v) is 2.48. The third-order valence-corrected chi connectivity index (χ3v) is 3.45. The standard InChI is InChI=1S/C15H17N3O3/c1-10-8-14(18-21-10)17-15(19)9-20-13-6-7-16-12-5-3-2-4-11(12)13/h6-8H,2-5,9H2,1H3,(H,17,18,19). The molecule has 6 nitrogen and oxygen atoms in total. The number of aryl methyl sites for hydroxylation is 2. The number of aromatic nitrogens is 2. The van der Waals surface area contributed by atoms with E-state index in [1.165, 1.54) is 0 Å². The molecular formula is C15H17N3O3. The van der Waals surface area contributed by atoms with E-state index in [4.69, 9.17) is 9.26 Å². The molecule has 0 saturated heterocycles. The van der Waals surface area contributed by atoms with Gasteiger partial charge >= 0.3 is 0 Å². The molecular weight excluding hydrogens is 270 g/mol. The number of nitrogens with one attached hydrogen (secondary N) is 1. The van der Waals surface area contributed by atoms with E-state index >= 15 is 0 Å². The lowest BCUT2D eigenvalue weighted by atomic mass is 9.95. The molecule has 0 fully saturated rings. The summed E-state index contributed by atoms with van der Waals surface area (Å²) in [5.74, 6) is 1.54. The van der Waals surface area contributed by atoms with Gasteiger partial charge in [-0.2, -0.15) is 0 Å². The van der Waals surface area contributed by atoms with Crippen LogP contribution in [0, 0.1) is 6.92 Å². The van der Waals surface area contributed by atoms with Gasteiger partial charge in [0.05, 0.1) is 0 Å². The largest absolute Gasteiger partial charge is 0.483 e. The molecule has 0 unspecified atom stereocenters. The molecule has 2 aromatic rings. The van der Waals surface area contributed by atoms with Crippen molar-refractivity contribution in [2.45, 2.75) is 32.6 Å². The van der Waals surface area contributed by atoms with Gasteiger partial charge in [-0.1, -0.05) is 5.16 Å². The molecule has 1 amide bonds. The number of carbonyl (C=O) groups is 1. The Labute approximate surface area is 122 Å². The van der Waals surface area contributed by atoms with Gasteiger partial charge in [0, 0.05) is 23.5 Å². The lowest BCUT2D eigenvalue weighted by molar-refractivity contribution is -0.118. The van der Waals surface area contributed by atoms with Crippen molar-refractivity contribution in [3.8, 4) is 5.75 Å². The van der Waals surface area contributed by atoms with Crippen molar-refractivity contribution in [1.82, 2.24) is 10.1 Å². The van der Waals surface area contributed by atoms with E-state index < -0.39 is 0 Å². The van der Waals surface area contributed by atoms with E-state index in [0.717, 1.165) is 42.7 Å². The smallest absolute Gasteiger partial charge is 0.263 e. The molecule has 0 radical (unpaired) electrons. The van der Waals surface area contributed by atoms with Gasteiger partial charge in [0.25, 0.3) is 5.91 Å². The molecule has 0 aromatic carbocycles. The van der Waals surface area contributed by atoms with E-state index in [1.807, 2.05) is 6.07 Å². The summed E-state index contributed by atoms with van der Waals surface area (Å²) in [5.41, 5.74) is 2.22. The van der Waals surface area contributed by atoms with Crippen molar-refractivity contribution < 1.29 is 14.1 Å². The van der Waals surface area contributed by atoms with Crippen LogP contribution in [0.1, 0.15) is 29.9 Å². The second-order valence-corrected chi connectivity index (χ2v) is 5.10. The van der Waals surface area contributed by atoms with Gasteiger partial charge in [-0.15, -0.1) is 0 Å². The highest BCUT2D eigenvalue weighted by atomic mass is 16.5.